The molecular formula is C13H18N6S. The van der Waals surface area contributed by atoms with E-state index >= 15 is 0 Å². The van der Waals surface area contributed by atoms with Crippen molar-refractivity contribution in [3.05, 3.63) is 16.4 Å². The van der Waals surface area contributed by atoms with Gasteiger partial charge < -0.3 is 0 Å². The van der Waals surface area contributed by atoms with Crippen LogP contribution in [0.1, 0.15) is 68.8 Å². The molecule has 0 N–H and O–H groups in total. The zero-order chi connectivity index (χ0) is 14.7. The molecule has 0 bridgehead atoms. The SMILES string of the molecule is CCC(CC)c1c(C#N)nnn1-c1nnc(C(C)C)s1. The first-order valence-corrected chi connectivity index (χ1v) is 7.63. The second-order valence-electron chi connectivity index (χ2n) is 4.94. The van der Waals surface area contributed by atoms with Crippen LogP contribution in [-0.2, 0) is 0 Å². The minimum Gasteiger partial charge on any atom is -0.191 e. The summed E-state index contributed by atoms with van der Waals surface area (Å²) in [5.41, 5.74) is 1.24. The number of hydrogen-bond donors (Lipinski definition) is 0. The quantitative estimate of drug-likeness (QED) is 0.845. The fourth-order valence-corrected chi connectivity index (χ4v) is 2.90. The number of nitrogens with zero attached hydrogens (tertiary/aromatic N) is 6. The van der Waals surface area contributed by atoms with Crippen molar-refractivity contribution in [1.29, 1.82) is 5.26 Å². The Bertz CT molecular complexity index is 617. The highest BCUT2D eigenvalue weighted by atomic mass is 32.1. The van der Waals surface area contributed by atoms with E-state index in [1.807, 2.05) is 0 Å². The fourth-order valence-electron chi connectivity index (χ4n) is 2.10. The van der Waals surface area contributed by atoms with Crippen LogP contribution in [0.2, 0.25) is 0 Å². The van der Waals surface area contributed by atoms with Crippen molar-refractivity contribution in [2.45, 2.75) is 52.4 Å². The molecule has 6 nitrogen and oxygen atoms in total. The molecule has 0 aromatic carbocycles. The molecule has 0 fully saturated rings. The van der Waals surface area contributed by atoms with Crippen molar-refractivity contribution in [2.75, 3.05) is 0 Å². The fraction of sp³-hybridized carbons (Fsp3) is 0.615. The first kappa shape index (κ1) is 14.6. The summed E-state index contributed by atoms with van der Waals surface area (Å²) in [6.07, 6.45) is 1.88. The van der Waals surface area contributed by atoms with Crippen molar-refractivity contribution in [1.82, 2.24) is 25.2 Å². The lowest BCUT2D eigenvalue weighted by Gasteiger charge is -2.12. The zero-order valence-corrected chi connectivity index (χ0v) is 13.0. The van der Waals surface area contributed by atoms with Crippen molar-refractivity contribution in [3.8, 4) is 11.2 Å². The van der Waals surface area contributed by atoms with Crippen LogP contribution in [0.4, 0.5) is 0 Å². The summed E-state index contributed by atoms with van der Waals surface area (Å²) >= 11 is 1.50. The van der Waals surface area contributed by atoms with E-state index in [1.165, 1.54) is 11.3 Å². The van der Waals surface area contributed by atoms with Crippen LogP contribution in [0.5, 0.6) is 0 Å². The molecule has 0 saturated carbocycles. The lowest BCUT2D eigenvalue weighted by molar-refractivity contribution is 0.592. The molecule has 0 aliphatic rings. The minimum atomic E-state index is 0.256. The number of nitriles is 1. The third kappa shape index (κ3) is 2.56. The molecule has 7 heteroatoms. The monoisotopic (exact) mass is 290 g/mol. The summed E-state index contributed by atoms with van der Waals surface area (Å²) < 4.78 is 1.68. The van der Waals surface area contributed by atoms with Crippen molar-refractivity contribution in [3.63, 3.8) is 0 Å². The van der Waals surface area contributed by atoms with E-state index in [2.05, 4.69) is 54.3 Å². The molecule has 2 heterocycles. The van der Waals surface area contributed by atoms with Gasteiger partial charge in [-0.15, -0.1) is 15.3 Å². The van der Waals surface area contributed by atoms with Gasteiger partial charge in [0.05, 0.1) is 5.69 Å². The first-order chi connectivity index (χ1) is 9.62. The van der Waals surface area contributed by atoms with E-state index in [9.17, 15) is 5.26 Å². The van der Waals surface area contributed by atoms with E-state index in [0.29, 0.717) is 16.7 Å². The summed E-state index contributed by atoms with van der Waals surface area (Å²) in [6, 6.07) is 2.13. The Hall–Kier alpha value is -1.81. The highest BCUT2D eigenvalue weighted by Gasteiger charge is 2.23. The molecule has 0 atom stereocenters. The predicted octanol–water partition coefficient (Wildman–Crippen LogP) is 3.02. The van der Waals surface area contributed by atoms with Gasteiger partial charge in [0.25, 0.3) is 0 Å². The van der Waals surface area contributed by atoms with Gasteiger partial charge >= 0.3 is 0 Å². The van der Waals surface area contributed by atoms with Gasteiger partial charge in [0.2, 0.25) is 5.13 Å². The molecule has 106 valence electrons. The van der Waals surface area contributed by atoms with Crippen molar-refractivity contribution in [2.24, 2.45) is 0 Å². The Labute approximate surface area is 122 Å². The molecule has 2 rings (SSSR count). The van der Waals surface area contributed by atoms with Gasteiger partial charge in [0.15, 0.2) is 5.69 Å². The molecular weight excluding hydrogens is 272 g/mol. The zero-order valence-electron chi connectivity index (χ0n) is 12.2. The molecule has 0 saturated heterocycles. The van der Waals surface area contributed by atoms with E-state index in [4.69, 9.17) is 0 Å². The lowest BCUT2D eigenvalue weighted by Crippen LogP contribution is -2.08. The Morgan fingerprint density at radius 3 is 2.40 bits per heavy atom. The van der Waals surface area contributed by atoms with Crippen LogP contribution in [0.3, 0.4) is 0 Å². The lowest BCUT2D eigenvalue weighted by atomic mass is 9.98. The summed E-state index contributed by atoms with van der Waals surface area (Å²) in [5.74, 6) is 0.586. The van der Waals surface area contributed by atoms with Gasteiger partial charge in [-0.3, -0.25) is 0 Å². The normalized spacial score (nSPS) is 11.2. The topological polar surface area (TPSA) is 80.3 Å². The maximum Gasteiger partial charge on any atom is 0.234 e. The van der Waals surface area contributed by atoms with Gasteiger partial charge in [-0.2, -0.15) is 9.94 Å². The largest absolute Gasteiger partial charge is 0.234 e. The number of hydrogen-bond acceptors (Lipinski definition) is 6. The van der Waals surface area contributed by atoms with Crippen LogP contribution in [0.15, 0.2) is 0 Å². The first-order valence-electron chi connectivity index (χ1n) is 6.81. The van der Waals surface area contributed by atoms with E-state index in [1.54, 1.807) is 4.68 Å². The molecule has 0 unspecified atom stereocenters. The Morgan fingerprint density at radius 1 is 1.20 bits per heavy atom. The second kappa shape index (κ2) is 6.09. The molecule has 20 heavy (non-hydrogen) atoms. The Kier molecular flexibility index (Phi) is 4.45. The van der Waals surface area contributed by atoms with E-state index < -0.39 is 0 Å². The van der Waals surface area contributed by atoms with Crippen LogP contribution in [-0.4, -0.2) is 25.2 Å². The third-order valence-corrected chi connectivity index (χ3v) is 4.49. The molecule has 2 aromatic heterocycles. The highest BCUT2D eigenvalue weighted by Crippen LogP contribution is 2.29. The number of aromatic nitrogens is 5. The molecule has 0 amide bonds. The number of rotatable bonds is 5. The van der Waals surface area contributed by atoms with Crippen LogP contribution in [0, 0.1) is 11.3 Å². The van der Waals surface area contributed by atoms with E-state index in [0.717, 1.165) is 23.5 Å². The van der Waals surface area contributed by atoms with Gasteiger partial charge in [0.1, 0.15) is 11.1 Å². The van der Waals surface area contributed by atoms with Crippen LogP contribution < -0.4 is 0 Å². The summed E-state index contributed by atoms with van der Waals surface area (Å²) in [7, 11) is 0. The molecule has 0 aliphatic carbocycles. The third-order valence-electron chi connectivity index (χ3n) is 3.29. The molecule has 0 aliphatic heterocycles. The van der Waals surface area contributed by atoms with Crippen LogP contribution in [0.25, 0.3) is 5.13 Å². The minimum absolute atomic E-state index is 0.256. The molecule has 2 aromatic rings. The van der Waals surface area contributed by atoms with Crippen molar-refractivity contribution >= 4 is 11.3 Å². The maximum atomic E-state index is 9.21. The summed E-state index contributed by atoms with van der Waals surface area (Å²) in [5, 5.41) is 27.3. The standard InChI is InChI=1S/C13H18N6S/c1-5-9(6-2)11-10(7-14)15-18-19(11)13-17-16-12(20-13)8(3)4/h8-9H,5-6H2,1-4H3. The Morgan fingerprint density at radius 2 is 1.90 bits per heavy atom. The Balaban J connectivity index is 2.51. The predicted molar refractivity (Wildman–Crippen MR) is 77.0 cm³/mol. The molecule has 0 spiro atoms. The van der Waals surface area contributed by atoms with Gasteiger partial charge in [-0.1, -0.05) is 44.2 Å². The van der Waals surface area contributed by atoms with Gasteiger partial charge in [0, 0.05) is 11.8 Å². The average molecular weight is 290 g/mol. The van der Waals surface area contributed by atoms with Crippen molar-refractivity contribution < 1.29 is 0 Å². The van der Waals surface area contributed by atoms with Gasteiger partial charge in [-0.05, 0) is 12.8 Å². The van der Waals surface area contributed by atoms with Gasteiger partial charge in [-0.25, -0.2) is 0 Å². The summed E-state index contributed by atoms with van der Waals surface area (Å²) in [6.45, 7) is 8.36. The summed E-state index contributed by atoms with van der Waals surface area (Å²) in [4.78, 5) is 0. The smallest absolute Gasteiger partial charge is 0.191 e. The maximum absolute atomic E-state index is 9.21. The second-order valence-corrected chi connectivity index (χ2v) is 5.93. The van der Waals surface area contributed by atoms with Crippen LogP contribution >= 0.6 is 11.3 Å². The highest BCUT2D eigenvalue weighted by molar-refractivity contribution is 7.13. The molecule has 0 radical (unpaired) electrons. The average Bonchev–Trinajstić information content (AvgIpc) is 3.06. The van der Waals surface area contributed by atoms with E-state index in [-0.39, 0.29) is 5.92 Å².